The highest BCUT2D eigenvalue weighted by Crippen LogP contribution is 2.29. The first-order valence-corrected chi connectivity index (χ1v) is 10.3. The summed E-state index contributed by atoms with van der Waals surface area (Å²) in [4.78, 5) is 32.3. The van der Waals surface area contributed by atoms with E-state index in [0.29, 0.717) is 5.88 Å². The van der Waals surface area contributed by atoms with Gasteiger partial charge in [0.2, 0.25) is 11.8 Å². The van der Waals surface area contributed by atoms with Crippen LogP contribution in [0.4, 0.5) is 32.3 Å². The van der Waals surface area contributed by atoms with Crippen LogP contribution in [0.25, 0.3) is 10.9 Å². The number of aryl methyl sites for hydroxylation is 1. The smallest absolute Gasteiger partial charge is 0.475 e. The first-order chi connectivity index (χ1) is 17.2. The molecule has 0 amide bonds. The zero-order valence-corrected chi connectivity index (χ0v) is 19.0. The highest BCUT2D eigenvalue weighted by Gasteiger charge is 2.38. The second-order valence-corrected chi connectivity index (χ2v) is 7.29. The molecule has 1 saturated heterocycles. The summed E-state index contributed by atoms with van der Waals surface area (Å²) in [6.07, 6.45) is -8.26. The van der Waals surface area contributed by atoms with Crippen LogP contribution in [-0.2, 0) is 9.59 Å². The van der Waals surface area contributed by atoms with Gasteiger partial charge < -0.3 is 30.2 Å². The quantitative estimate of drug-likeness (QED) is 0.368. The van der Waals surface area contributed by atoms with Crippen LogP contribution in [0.1, 0.15) is 5.69 Å². The summed E-state index contributed by atoms with van der Waals surface area (Å²) >= 11 is 0. The SMILES string of the molecule is Cc1cc(Oc2cccc3[nH]ccc23)nc(N2CCNCC2)n1.O=C(O)C(F)(F)F.O=C(O)C(F)(F)F. The Labute approximate surface area is 204 Å². The van der Waals surface area contributed by atoms with Gasteiger partial charge in [-0.15, -0.1) is 0 Å². The fourth-order valence-corrected chi connectivity index (χ4v) is 2.84. The summed E-state index contributed by atoms with van der Waals surface area (Å²) in [5.41, 5.74) is 1.96. The number of ether oxygens (including phenoxy) is 1. The van der Waals surface area contributed by atoms with Crippen molar-refractivity contribution in [2.75, 3.05) is 31.1 Å². The summed E-state index contributed by atoms with van der Waals surface area (Å²) in [5.74, 6) is -3.39. The monoisotopic (exact) mass is 537 g/mol. The molecule has 0 radical (unpaired) electrons. The van der Waals surface area contributed by atoms with Gasteiger partial charge in [0.25, 0.3) is 0 Å². The van der Waals surface area contributed by atoms with Crippen molar-refractivity contribution < 1.29 is 50.9 Å². The summed E-state index contributed by atoms with van der Waals surface area (Å²) < 4.78 is 69.5. The van der Waals surface area contributed by atoms with Gasteiger partial charge in [-0.1, -0.05) is 6.07 Å². The molecule has 3 heterocycles. The Balaban J connectivity index is 0.000000286. The molecular formula is C21H21F6N5O5. The van der Waals surface area contributed by atoms with Crippen molar-refractivity contribution in [1.82, 2.24) is 20.3 Å². The van der Waals surface area contributed by atoms with Gasteiger partial charge in [0.05, 0.1) is 0 Å². The third-order valence-corrected chi connectivity index (χ3v) is 4.47. The number of aromatic nitrogens is 3. The predicted octanol–water partition coefficient (Wildman–Crippen LogP) is 3.73. The van der Waals surface area contributed by atoms with E-state index in [-0.39, 0.29) is 0 Å². The summed E-state index contributed by atoms with van der Waals surface area (Å²) in [6.45, 7) is 5.70. The van der Waals surface area contributed by atoms with Gasteiger partial charge in [0, 0.05) is 55.0 Å². The molecule has 0 unspecified atom stereocenters. The molecule has 4 rings (SSSR count). The van der Waals surface area contributed by atoms with E-state index in [9.17, 15) is 26.3 Å². The fourth-order valence-electron chi connectivity index (χ4n) is 2.84. The molecule has 10 nitrogen and oxygen atoms in total. The molecule has 0 spiro atoms. The predicted molar refractivity (Wildman–Crippen MR) is 118 cm³/mol. The number of halogens is 6. The number of carboxylic acids is 2. The van der Waals surface area contributed by atoms with E-state index in [4.69, 9.17) is 24.5 Å². The van der Waals surface area contributed by atoms with E-state index in [2.05, 4.69) is 25.2 Å². The van der Waals surface area contributed by atoms with E-state index < -0.39 is 24.3 Å². The minimum atomic E-state index is -5.08. The third-order valence-electron chi connectivity index (χ3n) is 4.47. The van der Waals surface area contributed by atoms with Crippen LogP contribution in [0, 0.1) is 6.92 Å². The lowest BCUT2D eigenvalue weighted by Gasteiger charge is -2.27. The topological polar surface area (TPSA) is 141 Å². The van der Waals surface area contributed by atoms with Crippen LogP contribution < -0.4 is 15.0 Å². The molecule has 37 heavy (non-hydrogen) atoms. The number of benzene rings is 1. The Hall–Kier alpha value is -4.08. The Morgan fingerprint density at radius 1 is 0.973 bits per heavy atom. The molecule has 0 bridgehead atoms. The minimum Gasteiger partial charge on any atom is -0.475 e. The maximum Gasteiger partial charge on any atom is 0.490 e. The van der Waals surface area contributed by atoms with Gasteiger partial charge in [-0.2, -0.15) is 31.3 Å². The van der Waals surface area contributed by atoms with Crippen molar-refractivity contribution in [2.45, 2.75) is 19.3 Å². The number of anilines is 1. The molecule has 4 N–H and O–H groups in total. The molecule has 0 saturated carbocycles. The van der Waals surface area contributed by atoms with Gasteiger partial charge >= 0.3 is 24.3 Å². The number of hydrogen-bond acceptors (Lipinski definition) is 7. The van der Waals surface area contributed by atoms with Crippen LogP contribution in [0.15, 0.2) is 36.5 Å². The van der Waals surface area contributed by atoms with Gasteiger partial charge in [0.1, 0.15) is 5.75 Å². The van der Waals surface area contributed by atoms with Crippen molar-refractivity contribution in [3.63, 3.8) is 0 Å². The number of hydrogen-bond donors (Lipinski definition) is 4. The molecule has 1 fully saturated rings. The molecule has 1 aliphatic rings. The van der Waals surface area contributed by atoms with Crippen LogP contribution in [0.5, 0.6) is 11.6 Å². The zero-order valence-electron chi connectivity index (χ0n) is 19.0. The summed E-state index contributed by atoms with van der Waals surface area (Å²) in [7, 11) is 0. The number of carbonyl (C=O) groups is 2. The first-order valence-electron chi connectivity index (χ1n) is 10.3. The standard InChI is InChI=1S/C17H19N5O.2C2HF3O2/c1-12-11-16(21-17(20-12)22-9-7-18-8-10-22)23-15-4-2-3-14-13(15)5-6-19-14;2*3-2(4,5)1(6)7/h2-6,11,18-19H,7-10H2,1H3;2*(H,6,7). The molecule has 0 aliphatic carbocycles. The van der Waals surface area contributed by atoms with Crippen LogP contribution in [0.2, 0.25) is 0 Å². The van der Waals surface area contributed by atoms with Gasteiger partial charge in [0.15, 0.2) is 0 Å². The first kappa shape index (κ1) is 29.2. The number of carboxylic acid groups (broad SMARTS) is 2. The zero-order chi connectivity index (χ0) is 27.8. The maximum absolute atomic E-state index is 10.6. The number of fused-ring (bicyclic) bond motifs is 1. The van der Waals surface area contributed by atoms with Crippen LogP contribution >= 0.6 is 0 Å². The van der Waals surface area contributed by atoms with Gasteiger partial charge in [-0.25, -0.2) is 14.6 Å². The van der Waals surface area contributed by atoms with Gasteiger partial charge in [-0.3, -0.25) is 0 Å². The number of rotatable bonds is 3. The normalized spacial score (nSPS) is 13.6. The Morgan fingerprint density at radius 2 is 1.54 bits per heavy atom. The summed E-state index contributed by atoms with van der Waals surface area (Å²) in [5, 5.41) is 18.6. The molecule has 1 aliphatic heterocycles. The van der Waals surface area contributed by atoms with Crippen molar-refractivity contribution in [3.8, 4) is 11.6 Å². The highest BCUT2D eigenvalue weighted by atomic mass is 19.4. The lowest BCUT2D eigenvalue weighted by Crippen LogP contribution is -2.44. The molecule has 202 valence electrons. The molecule has 3 aromatic rings. The van der Waals surface area contributed by atoms with Crippen LogP contribution in [-0.4, -0.2) is 75.6 Å². The second kappa shape index (κ2) is 12.2. The average Bonchev–Trinajstić information content (AvgIpc) is 3.29. The Morgan fingerprint density at radius 3 is 2.08 bits per heavy atom. The fraction of sp³-hybridized carbons (Fsp3) is 0.333. The molecular weight excluding hydrogens is 516 g/mol. The van der Waals surface area contributed by atoms with Crippen LogP contribution in [0.3, 0.4) is 0 Å². The molecule has 1 aromatic carbocycles. The van der Waals surface area contributed by atoms with E-state index >= 15 is 0 Å². The van der Waals surface area contributed by atoms with E-state index in [1.54, 1.807) is 0 Å². The lowest BCUT2D eigenvalue weighted by molar-refractivity contribution is -0.193. The molecule has 0 atom stereocenters. The van der Waals surface area contributed by atoms with E-state index in [0.717, 1.165) is 54.5 Å². The van der Waals surface area contributed by atoms with E-state index in [1.165, 1.54) is 0 Å². The number of aliphatic carboxylic acids is 2. The molecule has 16 heteroatoms. The number of alkyl halides is 6. The number of nitrogens with one attached hydrogen (secondary N) is 2. The van der Waals surface area contributed by atoms with Crippen molar-refractivity contribution in [2.24, 2.45) is 0 Å². The average molecular weight is 537 g/mol. The number of aromatic amines is 1. The van der Waals surface area contributed by atoms with E-state index in [1.807, 2.05) is 43.5 Å². The summed E-state index contributed by atoms with van der Waals surface area (Å²) in [6, 6.07) is 9.84. The number of piperazine rings is 1. The van der Waals surface area contributed by atoms with Gasteiger partial charge in [-0.05, 0) is 25.1 Å². The van der Waals surface area contributed by atoms with Crippen molar-refractivity contribution in [3.05, 3.63) is 42.2 Å². The maximum atomic E-state index is 10.6. The number of nitrogens with zero attached hydrogens (tertiary/aromatic N) is 3. The lowest BCUT2D eigenvalue weighted by atomic mass is 10.2. The minimum absolute atomic E-state index is 0.583. The highest BCUT2D eigenvalue weighted by molar-refractivity contribution is 5.85. The largest absolute Gasteiger partial charge is 0.490 e. The Kier molecular flexibility index (Phi) is 9.65. The second-order valence-electron chi connectivity index (χ2n) is 7.29. The number of H-pyrrole nitrogens is 1. The van der Waals surface area contributed by atoms with Crippen molar-refractivity contribution in [1.29, 1.82) is 0 Å². The Bertz CT molecular complexity index is 1180. The third kappa shape index (κ3) is 9.14. The molecule has 2 aromatic heterocycles. The van der Waals surface area contributed by atoms with Crippen molar-refractivity contribution >= 4 is 28.8 Å².